The molecule has 0 spiro atoms. The average molecular weight is 243 g/mol. The van der Waals surface area contributed by atoms with Crippen molar-refractivity contribution in [3.63, 3.8) is 0 Å². The summed E-state index contributed by atoms with van der Waals surface area (Å²) in [6.07, 6.45) is 3.41. The summed E-state index contributed by atoms with van der Waals surface area (Å²) in [5.74, 6) is 0. The fraction of sp³-hybridized carbons (Fsp3) is 0.467. The molecule has 1 unspecified atom stereocenters. The van der Waals surface area contributed by atoms with E-state index in [1.807, 2.05) is 0 Å². The van der Waals surface area contributed by atoms with Crippen molar-refractivity contribution in [3.8, 4) is 0 Å². The molecule has 2 aromatic rings. The maximum Gasteiger partial charge on any atom is 0.0494 e. The number of hydrogen-bond acceptors (Lipinski definition) is 2. The van der Waals surface area contributed by atoms with E-state index in [0.717, 1.165) is 19.6 Å². The zero-order valence-corrected chi connectivity index (χ0v) is 10.9. The van der Waals surface area contributed by atoms with Gasteiger partial charge in [0.2, 0.25) is 0 Å². The number of para-hydroxylation sites is 1. The maximum atomic E-state index is 3.52. The SMILES string of the molecule is CCCN1CCNCC1c1c[nH]c2ccccc12. The second-order valence-electron chi connectivity index (χ2n) is 5.05. The van der Waals surface area contributed by atoms with Crippen molar-refractivity contribution < 1.29 is 0 Å². The highest BCUT2D eigenvalue weighted by Gasteiger charge is 2.24. The van der Waals surface area contributed by atoms with Crippen LogP contribution in [0.15, 0.2) is 30.5 Å². The van der Waals surface area contributed by atoms with E-state index in [1.54, 1.807) is 0 Å². The van der Waals surface area contributed by atoms with Gasteiger partial charge in [-0.3, -0.25) is 4.90 Å². The second kappa shape index (κ2) is 5.12. The van der Waals surface area contributed by atoms with E-state index < -0.39 is 0 Å². The first-order valence-electron chi connectivity index (χ1n) is 6.91. The molecule has 0 amide bonds. The Bertz CT molecular complexity index is 515. The number of nitrogens with zero attached hydrogens (tertiary/aromatic N) is 1. The van der Waals surface area contributed by atoms with Gasteiger partial charge < -0.3 is 10.3 Å². The molecule has 2 N–H and O–H groups in total. The van der Waals surface area contributed by atoms with Gasteiger partial charge in [0, 0.05) is 42.8 Å². The molecule has 1 aromatic heterocycles. The molecule has 1 fully saturated rings. The van der Waals surface area contributed by atoms with Gasteiger partial charge in [-0.2, -0.15) is 0 Å². The normalized spacial score (nSPS) is 21.5. The monoisotopic (exact) mass is 243 g/mol. The summed E-state index contributed by atoms with van der Waals surface area (Å²) >= 11 is 0. The minimum absolute atomic E-state index is 0.509. The molecule has 2 heterocycles. The molecule has 96 valence electrons. The van der Waals surface area contributed by atoms with Crippen molar-refractivity contribution >= 4 is 10.9 Å². The molecular weight excluding hydrogens is 222 g/mol. The van der Waals surface area contributed by atoms with Gasteiger partial charge in [0.15, 0.2) is 0 Å². The van der Waals surface area contributed by atoms with Crippen LogP contribution >= 0.6 is 0 Å². The van der Waals surface area contributed by atoms with Crippen molar-refractivity contribution in [1.29, 1.82) is 0 Å². The highest BCUT2D eigenvalue weighted by molar-refractivity contribution is 5.83. The van der Waals surface area contributed by atoms with Crippen LogP contribution in [-0.4, -0.2) is 36.1 Å². The predicted octanol–water partition coefficient (Wildman–Crippen LogP) is 2.52. The molecule has 3 nitrogen and oxygen atoms in total. The summed E-state index contributed by atoms with van der Waals surface area (Å²) in [4.78, 5) is 6.00. The van der Waals surface area contributed by atoms with Gasteiger partial charge in [-0.15, -0.1) is 0 Å². The number of nitrogens with one attached hydrogen (secondary N) is 2. The first kappa shape index (κ1) is 11.8. The molecule has 3 heteroatoms. The molecular formula is C15H21N3. The van der Waals surface area contributed by atoms with Gasteiger partial charge >= 0.3 is 0 Å². The van der Waals surface area contributed by atoms with Gasteiger partial charge in [-0.25, -0.2) is 0 Å². The average Bonchev–Trinajstić information content (AvgIpc) is 2.84. The van der Waals surface area contributed by atoms with Gasteiger partial charge in [0.05, 0.1) is 0 Å². The highest BCUT2D eigenvalue weighted by Crippen LogP contribution is 2.29. The summed E-state index contributed by atoms with van der Waals surface area (Å²) in [5.41, 5.74) is 2.68. The van der Waals surface area contributed by atoms with Gasteiger partial charge in [0.1, 0.15) is 0 Å². The zero-order valence-electron chi connectivity index (χ0n) is 10.9. The lowest BCUT2D eigenvalue weighted by Crippen LogP contribution is -2.46. The Labute approximate surface area is 108 Å². The van der Waals surface area contributed by atoms with Gasteiger partial charge in [-0.05, 0) is 24.6 Å². The molecule has 0 radical (unpaired) electrons. The molecule has 0 aliphatic carbocycles. The summed E-state index contributed by atoms with van der Waals surface area (Å²) in [6, 6.07) is 9.10. The largest absolute Gasteiger partial charge is 0.361 e. The number of fused-ring (bicyclic) bond motifs is 1. The van der Waals surface area contributed by atoms with Crippen LogP contribution in [0.3, 0.4) is 0 Å². The van der Waals surface area contributed by atoms with Crippen LogP contribution in [0.4, 0.5) is 0 Å². The van der Waals surface area contributed by atoms with Crippen LogP contribution in [0.1, 0.15) is 24.9 Å². The highest BCUT2D eigenvalue weighted by atomic mass is 15.2. The Kier molecular flexibility index (Phi) is 3.35. The summed E-state index contributed by atoms with van der Waals surface area (Å²) in [5, 5.41) is 4.89. The molecule has 1 aromatic carbocycles. The Balaban J connectivity index is 1.96. The molecule has 1 atom stereocenters. The summed E-state index contributed by atoms with van der Waals surface area (Å²) in [7, 11) is 0. The number of H-pyrrole nitrogens is 1. The number of rotatable bonds is 3. The lowest BCUT2D eigenvalue weighted by atomic mass is 10.0. The van der Waals surface area contributed by atoms with Crippen LogP contribution in [0.25, 0.3) is 10.9 Å². The van der Waals surface area contributed by atoms with Crippen LogP contribution < -0.4 is 5.32 Å². The fourth-order valence-electron chi connectivity index (χ4n) is 2.98. The molecule has 18 heavy (non-hydrogen) atoms. The van der Waals surface area contributed by atoms with Crippen molar-refractivity contribution in [2.45, 2.75) is 19.4 Å². The second-order valence-corrected chi connectivity index (χ2v) is 5.05. The number of benzene rings is 1. The van der Waals surface area contributed by atoms with Crippen LogP contribution in [-0.2, 0) is 0 Å². The van der Waals surface area contributed by atoms with Gasteiger partial charge in [-0.1, -0.05) is 25.1 Å². The molecule has 1 saturated heterocycles. The topological polar surface area (TPSA) is 31.1 Å². The van der Waals surface area contributed by atoms with Crippen molar-refractivity contribution in [1.82, 2.24) is 15.2 Å². The molecule has 3 rings (SSSR count). The Morgan fingerprint density at radius 2 is 2.22 bits per heavy atom. The lowest BCUT2D eigenvalue weighted by molar-refractivity contribution is 0.163. The Hall–Kier alpha value is -1.32. The molecule has 0 bridgehead atoms. The standard InChI is InChI=1S/C15H21N3/c1-2-8-18-9-7-16-11-15(18)13-10-17-14-6-4-3-5-12(13)14/h3-6,10,15-17H,2,7-9,11H2,1H3. The van der Waals surface area contributed by atoms with E-state index in [4.69, 9.17) is 0 Å². The van der Waals surface area contributed by atoms with E-state index in [1.165, 1.54) is 29.4 Å². The minimum Gasteiger partial charge on any atom is -0.361 e. The number of aromatic amines is 1. The predicted molar refractivity (Wildman–Crippen MR) is 75.8 cm³/mol. The smallest absolute Gasteiger partial charge is 0.0494 e. The Morgan fingerprint density at radius 3 is 3.11 bits per heavy atom. The molecule has 0 saturated carbocycles. The zero-order chi connectivity index (χ0) is 12.4. The van der Waals surface area contributed by atoms with Crippen LogP contribution in [0.2, 0.25) is 0 Å². The lowest BCUT2D eigenvalue weighted by Gasteiger charge is -2.36. The molecule has 1 aliphatic heterocycles. The third kappa shape index (κ3) is 2.04. The number of piperazine rings is 1. The first-order valence-corrected chi connectivity index (χ1v) is 6.91. The number of aromatic nitrogens is 1. The third-order valence-corrected chi connectivity index (χ3v) is 3.85. The van der Waals surface area contributed by atoms with Crippen molar-refractivity contribution in [2.75, 3.05) is 26.2 Å². The summed E-state index contributed by atoms with van der Waals surface area (Å²) in [6.45, 7) is 6.76. The van der Waals surface area contributed by atoms with E-state index in [2.05, 4.69) is 52.6 Å². The van der Waals surface area contributed by atoms with Crippen LogP contribution in [0.5, 0.6) is 0 Å². The minimum atomic E-state index is 0.509. The Morgan fingerprint density at radius 1 is 1.33 bits per heavy atom. The van der Waals surface area contributed by atoms with Gasteiger partial charge in [0.25, 0.3) is 0 Å². The van der Waals surface area contributed by atoms with E-state index in [-0.39, 0.29) is 0 Å². The van der Waals surface area contributed by atoms with E-state index >= 15 is 0 Å². The van der Waals surface area contributed by atoms with E-state index in [0.29, 0.717) is 6.04 Å². The van der Waals surface area contributed by atoms with Crippen molar-refractivity contribution in [3.05, 3.63) is 36.0 Å². The van der Waals surface area contributed by atoms with Crippen LogP contribution in [0, 0.1) is 0 Å². The molecule has 1 aliphatic rings. The quantitative estimate of drug-likeness (QED) is 0.868. The fourth-order valence-corrected chi connectivity index (χ4v) is 2.98. The first-order chi connectivity index (χ1) is 8.90. The van der Waals surface area contributed by atoms with E-state index in [9.17, 15) is 0 Å². The summed E-state index contributed by atoms with van der Waals surface area (Å²) < 4.78 is 0. The van der Waals surface area contributed by atoms with Crippen molar-refractivity contribution in [2.24, 2.45) is 0 Å². The maximum absolute atomic E-state index is 3.52. The third-order valence-electron chi connectivity index (χ3n) is 3.85. The number of hydrogen-bond donors (Lipinski definition) is 2.